The lowest BCUT2D eigenvalue weighted by Gasteiger charge is -2.49. The predicted molar refractivity (Wildman–Crippen MR) is 200 cm³/mol. The lowest BCUT2D eigenvalue weighted by Crippen LogP contribution is -2.70. The van der Waals surface area contributed by atoms with Gasteiger partial charge in [-0.25, -0.2) is 4.79 Å². The average Bonchev–Trinajstić information content (AvgIpc) is 3.81. The highest BCUT2D eigenvalue weighted by Gasteiger charge is 2.54. The topological polar surface area (TPSA) is 92.8 Å². The van der Waals surface area contributed by atoms with Crippen molar-refractivity contribution < 1.29 is 19.1 Å². The molecule has 7 rings (SSSR count). The fourth-order valence-corrected chi connectivity index (χ4v) is 11.3. The summed E-state index contributed by atoms with van der Waals surface area (Å²) in [6.07, 6.45) is 1.29. The summed E-state index contributed by atoms with van der Waals surface area (Å²) < 4.78 is 9.15. The van der Waals surface area contributed by atoms with Crippen molar-refractivity contribution in [1.29, 1.82) is 0 Å². The second-order valence-corrected chi connectivity index (χ2v) is 16.8. The second kappa shape index (κ2) is 14.6. The molecule has 0 radical (unpaired) electrons. The molecular weight excluding hydrogens is 769 g/mol. The number of benzene rings is 2. The number of hydrogen-bond donors (Lipinski definition) is 1. The van der Waals surface area contributed by atoms with Gasteiger partial charge in [0.15, 0.2) is 6.10 Å². The van der Waals surface area contributed by atoms with Crippen molar-refractivity contribution in [3.8, 4) is 0 Å². The third-order valence-electron chi connectivity index (χ3n) is 7.71. The lowest BCUT2D eigenvalue weighted by molar-refractivity contribution is -0.154. The molecule has 2 amide bonds. The smallest absolute Gasteiger partial charge is 0.356 e. The molecule has 48 heavy (non-hydrogen) atoms. The van der Waals surface area contributed by atoms with E-state index in [2.05, 4.69) is 21.2 Å². The molecule has 242 valence electrons. The van der Waals surface area contributed by atoms with Crippen LogP contribution in [0.25, 0.3) is 9.40 Å². The van der Waals surface area contributed by atoms with E-state index in [9.17, 15) is 19.2 Å². The molecule has 1 fully saturated rings. The number of esters is 1. The lowest BCUT2D eigenvalue weighted by atomic mass is 10.0. The number of carbonyl (C=O) groups excluding carboxylic acids is 3. The van der Waals surface area contributed by atoms with Crippen molar-refractivity contribution in [3.05, 3.63) is 143 Å². The predicted octanol–water partition coefficient (Wildman–Crippen LogP) is 7.98. The highest BCUT2D eigenvalue weighted by Crippen LogP contribution is 2.43. The van der Waals surface area contributed by atoms with E-state index in [0.717, 1.165) is 24.9 Å². The van der Waals surface area contributed by atoms with E-state index in [4.69, 9.17) is 4.74 Å². The number of carbonyl (C=O) groups is 3. The zero-order valence-corrected chi connectivity index (χ0v) is 30.5. The molecule has 0 saturated carbocycles. The van der Waals surface area contributed by atoms with Crippen molar-refractivity contribution in [3.63, 3.8) is 0 Å². The largest absolute Gasteiger partial charge is 0.448 e. The quantitative estimate of drug-likeness (QED) is 0.0872. The Morgan fingerprint density at radius 3 is 2.40 bits per heavy atom. The number of β-lactam (4-membered cyclic amide) rings is 1. The molecule has 5 aromatic rings. The summed E-state index contributed by atoms with van der Waals surface area (Å²) >= 11 is 10.7. The Bertz CT molecular complexity index is 2070. The van der Waals surface area contributed by atoms with Gasteiger partial charge in [-0.05, 0) is 67.0 Å². The van der Waals surface area contributed by atoms with E-state index in [-0.39, 0.29) is 29.4 Å². The summed E-state index contributed by atoms with van der Waals surface area (Å²) in [7, 11) is 0. The summed E-state index contributed by atoms with van der Waals surface area (Å²) in [5.74, 6) is -0.830. The van der Waals surface area contributed by atoms with Gasteiger partial charge in [0, 0.05) is 10.6 Å². The van der Waals surface area contributed by atoms with Gasteiger partial charge in [-0.15, -0.1) is 45.8 Å². The van der Waals surface area contributed by atoms with Crippen LogP contribution in [0.2, 0.25) is 0 Å². The Morgan fingerprint density at radius 2 is 1.71 bits per heavy atom. The van der Waals surface area contributed by atoms with Crippen molar-refractivity contribution in [2.75, 3.05) is 5.75 Å². The second-order valence-electron chi connectivity index (χ2n) is 10.8. The van der Waals surface area contributed by atoms with Crippen molar-refractivity contribution in [2.45, 2.75) is 28.1 Å². The molecule has 0 bridgehead atoms. The number of nitrogens with zero attached hydrogens (tertiary/aromatic N) is 1. The molecule has 0 aliphatic carbocycles. The Balaban J connectivity index is 1.19. The van der Waals surface area contributed by atoms with E-state index in [1.165, 1.54) is 62.4 Å². The van der Waals surface area contributed by atoms with Crippen molar-refractivity contribution in [2.24, 2.45) is 0 Å². The van der Waals surface area contributed by atoms with Crippen LogP contribution in [-0.2, 0) is 25.5 Å². The van der Waals surface area contributed by atoms with Crippen LogP contribution in [0.3, 0.4) is 0 Å². The number of thiophene rings is 2. The van der Waals surface area contributed by atoms with E-state index in [0.29, 0.717) is 20.5 Å². The minimum Gasteiger partial charge on any atom is -0.448 e. The SMILES string of the molecule is O=C(Cc1cccs1)NC1C(=O)N2C(C(=O)OC(c3ccccc3)c3ccccc3)=C(C=CSc3sc4ccsc4c(=O)c3Br)CS[C@H]12. The first kappa shape index (κ1) is 33.1. The van der Waals surface area contributed by atoms with E-state index >= 15 is 0 Å². The van der Waals surface area contributed by atoms with Gasteiger partial charge in [-0.1, -0.05) is 78.5 Å². The van der Waals surface area contributed by atoms with Crippen LogP contribution in [0.1, 0.15) is 22.1 Å². The minimum atomic E-state index is -0.755. The zero-order valence-electron chi connectivity index (χ0n) is 24.9. The molecule has 2 aliphatic heterocycles. The summed E-state index contributed by atoms with van der Waals surface area (Å²) in [5, 5.41) is 8.07. The van der Waals surface area contributed by atoms with Gasteiger partial charge >= 0.3 is 5.97 Å². The van der Waals surface area contributed by atoms with Gasteiger partial charge in [-0.3, -0.25) is 19.3 Å². The average molecular weight is 794 g/mol. The highest BCUT2D eigenvalue weighted by atomic mass is 79.9. The maximum absolute atomic E-state index is 14.2. The number of thioether (sulfide) groups is 2. The van der Waals surface area contributed by atoms with Gasteiger partial charge in [0.05, 0.1) is 24.5 Å². The maximum atomic E-state index is 14.2. The Kier molecular flexibility index (Phi) is 10.0. The highest BCUT2D eigenvalue weighted by molar-refractivity contribution is 9.10. The molecule has 2 aliphatic rings. The van der Waals surface area contributed by atoms with Gasteiger partial charge in [0.25, 0.3) is 5.91 Å². The van der Waals surface area contributed by atoms with Crippen LogP contribution < -0.4 is 10.7 Å². The third-order valence-corrected chi connectivity index (χ3v) is 14.4. The molecule has 2 aromatic carbocycles. The Morgan fingerprint density at radius 1 is 0.979 bits per heavy atom. The molecule has 7 nitrogen and oxygen atoms in total. The fraction of sp³-hybridized carbons (Fsp3) is 0.143. The molecule has 1 unspecified atom stereocenters. The molecule has 0 spiro atoms. The van der Waals surface area contributed by atoms with Crippen LogP contribution in [-0.4, -0.2) is 39.9 Å². The van der Waals surface area contributed by atoms with Crippen LogP contribution in [0.5, 0.6) is 0 Å². The molecule has 1 N–H and O–H groups in total. The molecule has 1 saturated heterocycles. The number of allylic oxidation sites excluding steroid dienone is 1. The number of rotatable bonds is 10. The van der Waals surface area contributed by atoms with Gasteiger partial charge < -0.3 is 10.1 Å². The standard InChI is InChI=1S/C35H25BrN2O5S5/c36-26-29(40)31-24(14-17-45-31)48-35(26)46-16-13-22-19-47-33-27(37-25(39)18-23-12-7-15-44-23)32(41)38(33)28(22)34(42)43-30(20-8-3-1-4-9-20)21-10-5-2-6-11-21/h1-17,27,30,33H,18-19H2,(H,37,39)/t27?,33-/m1/s1. The van der Waals surface area contributed by atoms with Crippen LogP contribution in [0, 0.1) is 0 Å². The van der Waals surface area contributed by atoms with Crippen molar-refractivity contribution >= 4 is 101 Å². The number of halogens is 1. The molecule has 2 atom stereocenters. The van der Waals surface area contributed by atoms with Gasteiger partial charge in [0.1, 0.15) is 17.1 Å². The first-order valence-electron chi connectivity index (χ1n) is 14.7. The summed E-state index contributed by atoms with van der Waals surface area (Å²) in [6.45, 7) is 0. The first-order valence-corrected chi connectivity index (χ1v) is 20.0. The molecule has 13 heteroatoms. The molecule has 5 heterocycles. The van der Waals surface area contributed by atoms with Crippen molar-refractivity contribution in [1.82, 2.24) is 10.2 Å². The zero-order chi connectivity index (χ0) is 33.2. The van der Waals surface area contributed by atoms with E-state index in [1.807, 2.05) is 101 Å². The summed E-state index contributed by atoms with van der Waals surface area (Å²) in [6, 6.07) is 23.9. The third kappa shape index (κ3) is 6.72. The van der Waals surface area contributed by atoms with Gasteiger partial charge in [-0.2, -0.15) is 0 Å². The number of amides is 2. The number of nitrogens with one attached hydrogen (secondary N) is 1. The summed E-state index contributed by atoms with van der Waals surface area (Å²) in [4.78, 5) is 56.0. The molecular formula is C35H25BrN2O5S5. The number of ether oxygens (including phenoxy) is 1. The number of hydrogen-bond acceptors (Lipinski definition) is 10. The Hall–Kier alpha value is -3.46. The van der Waals surface area contributed by atoms with Crippen LogP contribution in [0.15, 0.2) is 126 Å². The number of fused-ring (bicyclic) bond motifs is 2. The van der Waals surface area contributed by atoms with Crippen LogP contribution in [0.4, 0.5) is 0 Å². The van der Waals surface area contributed by atoms with E-state index < -0.39 is 23.5 Å². The minimum absolute atomic E-state index is 0.0552. The van der Waals surface area contributed by atoms with Gasteiger partial charge in [0.2, 0.25) is 11.3 Å². The molecule has 3 aromatic heterocycles. The monoisotopic (exact) mass is 792 g/mol. The van der Waals surface area contributed by atoms with E-state index in [1.54, 1.807) is 0 Å². The van der Waals surface area contributed by atoms with Crippen LogP contribution >= 0.6 is 73.5 Å². The Labute approximate surface area is 304 Å². The fourth-order valence-electron chi connectivity index (χ4n) is 5.44. The normalized spacial score (nSPS) is 17.5. The first-order chi connectivity index (χ1) is 23.4. The summed E-state index contributed by atoms with van der Waals surface area (Å²) in [5.41, 5.74) is 2.31. The maximum Gasteiger partial charge on any atom is 0.356 e.